The zero-order chi connectivity index (χ0) is 11.8. The van der Waals surface area contributed by atoms with Gasteiger partial charge in [-0.05, 0) is 31.4 Å². The molecule has 2 rings (SSSR count). The van der Waals surface area contributed by atoms with Crippen molar-refractivity contribution in [2.75, 3.05) is 6.54 Å². The SMILES string of the molecule is Cc1ccc(Cl)c(C2(CN)CCCC2)c1F. The zero-order valence-electron chi connectivity index (χ0n) is 9.52. The average molecular weight is 242 g/mol. The number of benzene rings is 1. The summed E-state index contributed by atoms with van der Waals surface area (Å²) in [7, 11) is 0. The van der Waals surface area contributed by atoms with Crippen LogP contribution in [0.3, 0.4) is 0 Å². The Bertz CT molecular complexity index is 397. The second-order valence-corrected chi connectivity index (χ2v) is 5.15. The van der Waals surface area contributed by atoms with Crippen LogP contribution in [0.1, 0.15) is 36.8 Å². The first-order valence-corrected chi connectivity index (χ1v) is 6.14. The van der Waals surface area contributed by atoms with Gasteiger partial charge in [-0.25, -0.2) is 4.39 Å². The molecule has 1 saturated carbocycles. The van der Waals surface area contributed by atoms with E-state index in [0.717, 1.165) is 25.7 Å². The van der Waals surface area contributed by atoms with Crippen molar-refractivity contribution in [3.05, 3.63) is 34.1 Å². The summed E-state index contributed by atoms with van der Waals surface area (Å²) in [4.78, 5) is 0. The maximum atomic E-state index is 14.2. The summed E-state index contributed by atoms with van der Waals surface area (Å²) in [5.74, 6) is -0.167. The highest BCUT2D eigenvalue weighted by atomic mass is 35.5. The Morgan fingerprint density at radius 1 is 1.38 bits per heavy atom. The fraction of sp³-hybridized carbons (Fsp3) is 0.538. The Labute approximate surface area is 101 Å². The molecule has 0 saturated heterocycles. The van der Waals surface area contributed by atoms with Crippen LogP contribution in [0.5, 0.6) is 0 Å². The van der Waals surface area contributed by atoms with Gasteiger partial charge in [0, 0.05) is 22.5 Å². The minimum atomic E-state index is -0.229. The lowest BCUT2D eigenvalue weighted by molar-refractivity contribution is 0.425. The number of nitrogens with two attached hydrogens (primary N) is 1. The maximum Gasteiger partial charge on any atom is 0.131 e. The number of aryl methyl sites for hydroxylation is 1. The van der Waals surface area contributed by atoms with Gasteiger partial charge in [0.25, 0.3) is 0 Å². The first kappa shape index (κ1) is 11.9. The first-order chi connectivity index (χ1) is 7.60. The van der Waals surface area contributed by atoms with Gasteiger partial charge in [0.1, 0.15) is 5.82 Å². The molecule has 0 unspecified atom stereocenters. The highest BCUT2D eigenvalue weighted by Gasteiger charge is 2.38. The Morgan fingerprint density at radius 2 is 2.00 bits per heavy atom. The van der Waals surface area contributed by atoms with Crippen molar-refractivity contribution in [3.63, 3.8) is 0 Å². The molecule has 0 aromatic heterocycles. The first-order valence-electron chi connectivity index (χ1n) is 5.76. The number of halogens is 2. The number of hydrogen-bond acceptors (Lipinski definition) is 1. The van der Waals surface area contributed by atoms with E-state index in [1.807, 2.05) is 0 Å². The van der Waals surface area contributed by atoms with Crippen LogP contribution >= 0.6 is 11.6 Å². The van der Waals surface area contributed by atoms with E-state index in [4.69, 9.17) is 17.3 Å². The van der Waals surface area contributed by atoms with Crippen LogP contribution in [0.2, 0.25) is 5.02 Å². The second-order valence-electron chi connectivity index (χ2n) is 4.74. The van der Waals surface area contributed by atoms with E-state index >= 15 is 0 Å². The Hall–Kier alpha value is -0.600. The van der Waals surface area contributed by atoms with Crippen molar-refractivity contribution in [2.24, 2.45) is 5.73 Å². The topological polar surface area (TPSA) is 26.0 Å². The summed E-state index contributed by atoms with van der Waals surface area (Å²) in [6.07, 6.45) is 4.12. The van der Waals surface area contributed by atoms with Crippen molar-refractivity contribution in [1.82, 2.24) is 0 Å². The van der Waals surface area contributed by atoms with E-state index in [2.05, 4.69) is 0 Å². The molecule has 1 aromatic rings. The molecule has 0 amide bonds. The summed E-state index contributed by atoms with van der Waals surface area (Å²) in [5, 5.41) is 0.524. The molecule has 0 bridgehead atoms. The van der Waals surface area contributed by atoms with Gasteiger partial charge < -0.3 is 5.73 Å². The molecule has 0 aliphatic heterocycles. The van der Waals surface area contributed by atoms with Gasteiger partial charge in [0.15, 0.2) is 0 Å². The van der Waals surface area contributed by atoms with Gasteiger partial charge in [0.05, 0.1) is 0 Å². The summed E-state index contributed by atoms with van der Waals surface area (Å²) < 4.78 is 14.2. The molecule has 0 heterocycles. The van der Waals surface area contributed by atoms with Gasteiger partial charge in [-0.3, -0.25) is 0 Å². The van der Waals surface area contributed by atoms with E-state index in [0.29, 0.717) is 22.7 Å². The molecular formula is C13H17ClFN. The Morgan fingerprint density at radius 3 is 2.56 bits per heavy atom. The summed E-state index contributed by atoms with van der Waals surface area (Å²) in [6, 6.07) is 3.51. The predicted octanol–water partition coefficient (Wildman–Crippen LogP) is 3.56. The average Bonchev–Trinajstić information content (AvgIpc) is 2.74. The molecule has 1 fully saturated rings. The molecule has 1 aromatic carbocycles. The smallest absolute Gasteiger partial charge is 0.131 e. The second kappa shape index (κ2) is 4.34. The lowest BCUT2D eigenvalue weighted by atomic mass is 9.78. The molecule has 88 valence electrons. The molecule has 1 nitrogen and oxygen atoms in total. The van der Waals surface area contributed by atoms with Crippen LogP contribution in [0.15, 0.2) is 12.1 Å². The summed E-state index contributed by atoms with van der Waals surface area (Å²) in [6.45, 7) is 2.25. The number of rotatable bonds is 2. The standard InChI is InChI=1S/C13H17ClFN/c1-9-4-5-10(14)11(12(9)15)13(8-16)6-2-3-7-13/h4-5H,2-3,6-8,16H2,1H3. The third-order valence-electron chi connectivity index (χ3n) is 3.77. The van der Waals surface area contributed by atoms with Crippen molar-refractivity contribution in [1.29, 1.82) is 0 Å². The van der Waals surface area contributed by atoms with E-state index in [1.165, 1.54) is 0 Å². The van der Waals surface area contributed by atoms with Gasteiger partial charge in [-0.2, -0.15) is 0 Å². The molecule has 1 aliphatic carbocycles. The summed E-state index contributed by atoms with van der Waals surface area (Å²) >= 11 is 6.15. The highest BCUT2D eigenvalue weighted by Crippen LogP contribution is 2.44. The summed E-state index contributed by atoms with van der Waals surface area (Å²) in [5.41, 5.74) is 6.93. The fourth-order valence-electron chi connectivity index (χ4n) is 2.75. The van der Waals surface area contributed by atoms with Crippen LogP contribution in [0.4, 0.5) is 4.39 Å². The molecular weight excluding hydrogens is 225 g/mol. The molecule has 3 heteroatoms. The Balaban J connectivity index is 2.57. The maximum absolute atomic E-state index is 14.2. The van der Waals surface area contributed by atoms with Gasteiger partial charge in [0.2, 0.25) is 0 Å². The highest BCUT2D eigenvalue weighted by molar-refractivity contribution is 6.31. The minimum Gasteiger partial charge on any atom is -0.330 e. The minimum absolute atomic E-state index is 0.167. The molecule has 0 spiro atoms. The molecule has 0 atom stereocenters. The molecule has 1 aliphatic rings. The van der Waals surface area contributed by atoms with Crippen molar-refractivity contribution in [2.45, 2.75) is 38.0 Å². The van der Waals surface area contributed by atoms with Crippen molar-refractivity contribution < 1.29 is 4.39 Å². The molecule has 0 radical (unpaired) electrons. The van der Waals surface area contributed by atoms with Crippen LogP contribution in [0.25, 0.3) is 0 Å². The fourth-order valence-corrected chi connectivity index (χ4v) is 3.10. The number of hydrogen-bond donors (Lipinski definition) is 1. The van der Waals surface area contributed by atoms with Crippen LogP contribution in [0, 0.1) is 12.7 Å². The monoisotopic (exact) mass is 241 g/mol. The van der Waals surface area contributed by atoms with Gasteiger partial charge in [-0.1, -0.05) is 30.5 Å². The zero-order valence-corrected chi connectivity index (χ0v) is 10.3. The van der Waals surface area contributed by atoms with E-state index in [-0.39, 0.29) is 11.2 Å². The lowest BCUT2D eigenvalue weighted by Crippen LogP contribution is -2.33. The van der Waals surface area contributed by atoms with Crippen LogP contribution < -0.4 is 5.73 Å². The van der Waals surface area contributed by atoms with E-state index in [9.17, 15) is 4.39 Å². The third-order valence-corrected chi connectivity index (χ3v) is 4.08. The third kappa shape index (κ3) is 1.74. The van der Waals surface area contributed by atoms with Crippen LogP contribution in [-0.2, 0) is 5.41 Å². The predicted molar refractivity (Wildman–Crippen MR) is 65.3 cm³/mol. The van der Waals surface area contributed by atoms with Crippen molar-refractivity contribution >= 4 is 11.6 Å². The van der Waals surface area contributed by atoms with Gasteiger partial charge >= 0.3 is 0 Å². The quantitative estimate of drug-likeness (QED) is 0.842. The van der Waals surface area contributed by atoms with Gasteiger partial charge in [-0.15, -0.1) is 0 Å². The van der Waals surface area contributed by atoms with Crippen LogP contribution in [-0.4, -0.2) is 6.54 Å². The van der Waals surface area contributed by atoms with E-state index in [1.54, 1.807) is 19.1 Å². The largest absolute Gasteiger partial charge is 0.330 e. The molecule has 16 heavy (non-hydrogen) atoms. The Kier molecular flexibility index (Phi) is 3.22. The van der Waals surface area contributed by atoms with E-state index < -0.39 is 0 Å². The lowest BCUT2D eigenvalue weighted by Gasteiger charge is -2.29. The normalized spacial score (nSPS) is 19.0. The van der Waals surface area contributed by atoms with Crippen molar-refractivity contribution in [3.8, 4) is 0 Å². The molecule has 2 N–H and O–H groups in total.